The molecule has 0 radical (unpaired) electrons. The van der Waals surface area contributed by atoms with Crippen LogP contribution in [0.5, 0.6) is 0 Å². The maximum Gasteiger partial charge on any atom is 0.494 e. The Morgan fingerprint density at radius 1 is 0.871 bits per heavy atom. The number of hydrogen-bond donors (Lipinski definition) is 1. The quantitative estimate of drug-likeness (QED) is 0.623. The van der Waals surface area contributed by atoms with Crippen LogP contribution in [0, 0.1) is 0 Å². The van der Waals surface area contributed by atoms with Gasteiger partial charge in [-0.25, -0.2) is 8.42 Å². The molecular formula is C24H27BO5S. The van der Waals surface area contributed by atoms with Gasteiger partial charge in [0.05, 0.1) is 27.1 Å². The van der Waals surface area contributed by atoms with Crippen LogP contribution in [0.15, 0.2) is 70.5 Å². The van der Waals surface area contributed by atoms with Gasteiger partial charge in [-0.3, -0.25) is 0 Å². The lowest BCUT2D eigenvalue weighted by Crippen LogP contribution is -2.41. The van der Waals surface area contributed by atoms with Crippen molar-refractivity contribution >= 4 is 33.2 Å². The molecule has 0 aliphatic carbocycles. The van der Waals surface area contributed by atoms with E-state index in [0.717, 1.165) is 16.2 Å². The van der Waals surface area contributed by atoms with Gasteiger partial charge in [-0.1, -0.05) is 42.5 Å². The second kappa shape index (κ2) is 7.45. The molecule has 3 aromatic rings. The van der Waals surface area contributed by atoms with Gasteiger partial charge >= 0.3 is 7.12 Å². The van der Waals surface area contributed by atoms with Gasteiger partial charge in [-0.15, -0.1) is 0 Å². The number of hydrogen-bond acceptors (Lipinski definition) is 5. The molecule has 4 rings (SSSR count). The molecule has 1 aliphatic heterocycles. The Balaban J connectivity index is 1.72. The summed E-state index contributed by atoms with van der Waals surface area (Å²) < 4.78 is 38.8. The van der Waals surface area contributed by atoms with E-state index in [1.165, 1.54) is 6.07 Å². The van der Waals surface area contributed by atoms with E-state index in [0.29, 0.717) is 5.56 Å². The third kappa shape index (κ3) is 3.80. The van der Waals surface area contributed by atoms with Crippen LogP contribution in [0.25, 0.3) is 10.8 Å². The van der Waals surface area contributed by atoms with Crippen molar-refractivity contribution in [2.75, 3.05) is 0 Å². The van der Waals surface area contributed by atoms with Crippen molar-refractivity contribution in [3.8, 4) is 0 Å². The van der Waals surface area contributed by atoms with Crippen LogP contribution in [0.2, 0.25) is 0 Å². The fraction of sp³-hybridized carbons (Fsp3) is 0.333. The Morgan fingerprint density at radius 3 is 2.10 bits per heavy atom. The van der Waals surface area contributed by atoms with Crippen LogP contribution in [0.4, 0.5) is 0 Å². The van der Waals surface area contributed by atoms with E-state index in [1.807, 2.05) is 45.9 Å². The summed E-state index contributed by atoms with van der Waals surface area (Å²) in [4.78, 5) is 0.315. The fourth-order valence-corrected chi connectivity index (χ4v) is 5.32. The third-order valence-electron chi connectivity index (χ3n) is 6.33. The van der Waals surface area contributed by atoms with E-state index in [2.05, 4.69) is 0 Å². The summed E-state index contributed by atoms with van der Waals surface area (Å²) in [7, 11) is -4.25. The lowest BCUT2D eigenvalue weighted by Gasteiger charge is -2.32. The first-order valence-corrected chi connectivity index (χ1v) is 11.8. The topological polar surface area (TPSA) is 72.8 Å². The molecule has 1 N–H and O–H groups in total. The molecule has 1 aliphatic rings. The van der Waals surface area contributed by atoms with Gasteiger partial charge in [0.1, 0.15) is 0 Å². The Morgan fingerprint density at radius 2 is 1.45 bits per heavy atom. The zero-order valence-corrected chi connectivity index (χ0v) is 19.2. The summed E-state index contributed by atoms with van der Waals surface area (Å²) in [6.07, 6.45) is -0.881. The smallest absolute Gasteiger partial charge is 0.399 e. The molecular weight excluding hydrogens is 411 g/mol. The predicted molar refractivity (Wildman–Crippen MR) is 122 cm³/mol. The molecule has 3 aromatic carbocycles. The largest absolute Gasteiger partial charge is 0.494 e. The summed E-state index contributed by atoms with van der Waals surface area (Å²) in [5, 5.41) is 11.7. The normalized spacial score (nSPS) is 19.0. The van der Waals surface area contributed by atoms with Crippen molar-refractivity contribution in [3.05, 3.63) is 66.2 Å². The minimum atomic E-state index is -3.77. The van der Waals surface area contributed by atoms with E-state index >= 15 is 0 Å². The van der Waals surface area contributed by atoms with Gasteiger partial charge in [-0.05, 0) is 74.6 Å². The highest BCUT2D eigenvalue weighted by molar-refractivity contribution is 7.91. The first-order chi connectivity index (χ1) is 14.4. The molecule has 5 nitrogen and oxygen atoms in total. The third-order valence-corrected chi connectivity index (χ3v) is 8.16. The molecule has 1 atom stereocenters. The van der Waals surface area contributed by atoms with Crippen molar-refractivity contribution in [2.45, 2.75) is 61.7 Å². The second-order valence-corrected chi connectivity index (χ2v) is 11.0. The maximum atomic E-state index is 13.3. The Kier molecular flexibility index (Phi) is 5.29. The van der Waals surface area contributed by atoms with E-state index in [4.69, 9.17) is 9.31 Å². The van der Waals surface area contributed by atoms with Gasteiger partial charge in [-0.2, -0.15) is 0 Å². The predicted octanol–water partition coefficient (Wildman–Crippen LogP) is 4.03. The molecule has 0 aromatic heterocycles. The average Bonchev–Trinajstić information content (AvgIpc) is 2.94. The van der Waals surface area contributed by atoms with Gasteiger partial charge in [0.2, 0.25) is 9.84 Å². The molecule has 1 saturated heterocycles. The highest BCUT2D eigenvalue weighted by Crippen LogP contribution is 2.37. The molecule has 0 unspecified atom stereocenters. The lowest BCUT2D eigenvalue weighted by atomic mass is 9.78. The van der Waals surface area contributed by atoms with Crippen LogP contribution in [-0.4, -0.2) is 31.8 Å². The number of aliphatic hydroxyl groups is 1. The zero-order chi connectivity index (χ0) is 22.6. The summed E-state index contributed by atoms with van der Waals surface area (Å²) in [5.74, 6) is 0. The molecule has 31 heavy (non-hydrogen) atoms. The number of fused-ring (bicyclic) bond motifs is 1. The Labute approximate surface area is 184 Å². The van der Waals surface area contributed by atoms with Crippen molar-refractivity contribution in [1.29, 1.82) is 0 Å². The number of benzene rings is 3. The van der Waals surface area contributed by atoms with Crippen LogP contribution in [0.3, 0.4) is 0 Å². The molecule has 1 fully saturated rings. The van der Waals surface area contributed by atoms with Gasteiger partial charge in [0, 0.05) is 0 Å². The Hall–Kier alpha value is -2.19. The molecule has 0 amide bonds. The first-order valence-electron chi connectivity index (χ1n) is 10.3. The van der Waals surface area contributed by atoms with Crippen molar-refractivity contribution in [1.82, 2.24) is 0 Å². The molecule has 0 saturated carbocycles. The molecule has 162 valence electrons. The minimum Gasteiger partial charge on any atom is -0.399 e. The monoisotopic (exact) mass is 438 g/mol. The summed E-state index contributed by atoms with van der Waals surface area (Å²) in [5.41, 5.74) is 0.420. The zero-order valence-electron chi connectivity index (χ0n) is 18.4. The highest BCUT2D eigenvalue weighted by Gasteiger charge is 2.51. The number of rotatable bonds is 4. The highest BCUT2D eigenvalue weighted by atomic mass is 32.2. The fourth-order valence-electron chi connectivity index (χ4n) is 3.73. The van der Waals surface area contributed by atoms with Crippen LogP contribution in [-0.2, 0) is 19.1 Å². The summed E-state index contributed by atoms with van der Waals surface area (Å²) >= 11 is 0. The second-order valence-electron chi connectivity index (χ2n) is 9.07. The van der Waals surface area contributed by atoms with Crippen LogP contribution in [0.1, 0.15) is 46.3 Å². The molecule has 1 heterocycles. The summed E-state index contributed by atoms with van der Waals surface area (Å²) in [6.45, 7) is 9.60. The van der Waals surface area contributed by atoms with Crippen molar-refractivity contribution < 1.29 is 22.8 Å². The SMILES string of the molecule is C[C@H](O)c1ccccc1S(=O)(=O)c1ccc2cc(B3OC(C)(C)C(C)(C)O3)ccc2c1. The van der Waals surface area contributed by atoms with Crippen LogP contribution >= 0.6 is 0 Å². The van der Waals surface area contributed by atoms with Gasteiger partial charge < -0.3 is 14.4 Å². The summed E-state index contributed by atoms with van der Waals surface area (Å²) in [6, 6.07) is 17.4. The minimum absolute atomic E-state index is 0.123. The van der Waals surface area contributed by atoms with E-state index in [9.17, 15) is 13.5 Å². The van der Waals surface area contributed by atoms with E-state index in [1.54, 1.807) is 43.3 Å². The molecule has 7 heteroatoms. The van der Waals surface area contributed by atoms with E-state index < -0.39 is 34.3 Å². The maximum absolute atomic E-state index is 13.3. The van der Waals surface area contributed by atoms with Gasteiger partial charge in [0.15, 0.2) is 0 Å². The Bertz CT molecular complexity index is 1230. The number of aliphatic hydroxyl groups excluding tert-OH is 1. The molecule has 0 spiro atoms. The van der Waals surface area contributed by atoms with E-state index in [-0.39, 0.29) is 9.79 Å². The van der Waals surface area contributed by atoms with Crippen molar-refractivity contribution in [2.24, 2.45) is 0 Å². The standard InChI is InChI=1S/C24H27BO5S/c1-16(26)21-8-6-7-9-22(21)31(27,28)20-13-11-17-14-19(12-10-18(17)15-20)25-29-23(2,3)24(4,5)30-25/h6-16,26H,1-5H3/t16-/m0/s1. The van der Waals surface area contributed by atoms with Crippen LogP contribution < -0.4 is 5.46 Å². The molecule has 0 bridgehead atoms. The first kappa shape index (κ1) is 22.0. The van der Waals surface area contributed by atoms with Gasteiger partial charge in [0.25, 0.3) is 0 Å². The van der Waals surface area contributed by atoms with Crippen molar-refractivity contribution in [3.63, 3.8) is 0 Å². The lowest BCUT2D eigenvalue weighted by molar-refractivity contribution is 0.00578. The average molecular weight is 438 g/mol. The number of sulfone groups is 1.